The lowest BCUT2D eigenvalue weighted by Crippen LogP contribution is -2.00. The third kappa shape index (κ3) is 1.86. The number of hydrogen-bond acceptors (Lipinski definition) is 4. The molecule has 0 spiro atoms. The number of nitrogens with one attached hydrogen (secondary N) is 1. The number of nitrogens with zero attached hydrogens (tertiary/aromatic N) is 2. The number of aromatic nitrogens is 1. The Hall–Kier alpha value is -1.78. The highest BCUT2D eigenvalue weighted by Gasteiger charge is 2.15. The van der Waals surface area contributed by atoms with Crippen LogP contribution in [0.1, 0.15) is 36.4 Å². The fourth-order valence-electron chi connectivity index (χ4n) is 1.75. The molecule has 1 heterocycles. The van der Waals surface area contributed by atoms with Crippen LogP contribution in [0.4, 0.5) is 0 Å². The molecule has 1 aromatic rings. The maximum Gasteiger partial charge on any atom is 0.100 e. The summed E-state index contributed by atoms with van der Waals surface area (Å²) in [6.45, 7) is 7.19. The Kier molecular flexibility index (Phi) is 3.14. The van der Waals surface area contributed by atoms with Crippen LogP contribution in [0.3, 0.4) is 0 Å². The Morgan fingerprint density at radius 3 is 2.07 bits per heavy atom. The fraction of sp³-hybridized carbons (Fsp3) is 0.400. The van der Waals surface area contributed by atoms with Gasteiger partial charge in [-0.1, -0.05) is 10.3 Å². The van der Waals surface area contributed by atoms with E-state index in [1.807, 2.05) is 13.8 Å². The zero-order chi connectivity index (χ0) is 11.6. The van der Waals surface area contributed by atoms with Crippen molar-refractivity contribution in [1.82, 2.24) is 4.98 Å². The highest BCUT2D eigenvalue weighted by atomic mass is 16.4. The van der Waals surface area contributed by atoms with E-state index in [1.54, 1.807) is 13.8 Å². The molecule has 0 aliphatic heterocycles. The predicted octanol–water partition coefficient (Wildman–Crippen LogP) is 2.03. The Labute approximate surface area is 88.1 Å². The Morgan fingerprint density at radius 2 is 1.60 bits per heavy atom. The van der Waals surface area contributed by atoms with Crippen LogP contribution < -0.4 is 0 Å². The van der Waals surface area contributed by atoms with Gasteiger partial charge in [-0.2, -0.15) is 0 Å². The van der Waals surface area contributed by atoms with Gasteiger partial charge in [0.15, 0.2) is 0 Å². The standard InChI is InChI=1S/C10H15N3O2/c1-5-9(7(3)12-14)6(2)11-10(5)8(4)13-15/h11,14-15H,1-4H3/b12-7-,13-8-. The van der Waals surface area contributed by atoms with Gasteiger partial charge in [-0.05, 0) is 33.3 Å². The molecule has 1 rings (SSSR count). The molecule has 0 aromatic carbocycles. The number of H-pyrrole nitrogens is 1. The average molecular weight is 209 g/mol. The highest BCUT2D eigenvalue weighted by molar-refractivity contribution is 6.06. The van der Waals surface area contributed by atoms with Gasteiger partial charge in [0.05, 0.1) is 11.4 Å². The number of hydrogen-bond donors (Lipinski definition) is 3. The summed E-state index contributed by atoms with van der Waals surface area (Å²) in [5.74, 6) is 0. The molecule has 15 heavy (non-hydrogen) atoms. The van der Waals surface area contributed by atoms with Crippen molar-refractivity contribution in [3.05, 3.63) is 22.5 Å². The van der Waals surface area contributed by atoms with Gasteiger partial charge < -0.3 is 15.4 Å². The summed E-state index contributed by atoms with van der Waals surface area (Å²) in [4.78, 5) is 3.10. The van der Waals surface area contributed by atoms with E-state index >= 15 is 0 Å². The summed E-state index contributed by atoms with van der Waals surface area (Å²) in [7, 11) is 0. The third-order valence-electron chi connectivity index (χ3n) is 2.46. The number of rotatable bonds is 2. The molecular weight excluding hydrogens is 194 g/mol. The summed E-state index contributed by atoms with van der Waals surface area (Å²) in [5.41, 5.74) is 4.47. The number of aryl methyl sites for hydroxylation is 1. The lowest BCUT2D eigenvalue weighted by Gasteiger charge is -1.99. The molecule has 5 nitrogen and oxygen atoms in total. The van der Waals surface area contributed by atoms with Crippen molar-refractivity contribution in [2.45, 2.75) is 27.7 Å². The van der Waals surface area contributed by atoms with Crippen LogP contribution in [-0.4, -0.2) is 26.8 Å². The van der Waals surface area contributed by atoms with E-state index in [2.05, 4.69) is 15.3 Å². The second-order valence-electron chi connectivity index (χ2n) is 3.50. The Morgan fingerprint density at radius 1 is 1.07 bits per heavy atom. The number of oxime groups is 2. The lowest BCUT2D eigenvalue weighted by atomic mass is 10.1. The van der Waals surface area contributed by atoms with Crippen molar-refractivity contribution in [3.8, 4) is 0 Å². The minimum Gasteiger partial charge on any atom is -0.411 e. The minimum atomic E-state index is 0.507. The molecule has 0 saturated carbocycles. The highest BCUT2D eigenvalue weighted by Crippen LogP contribution is 2.19. The number of aromatic amines is 1. The first-order valence-corrected chi connectivity index (χ1v) is 4.60. The molecule has 0 amide bonds. The van der Waals surface area contributed by atoms with E-state index in [0.717, 1.165) is 22.5 Å². The van der Waals surface area contributed by atoms with Crippen LogP contribution in [0.15, 0.2) is 10.3 Å². The lowest BCUT2D eigenvalue weighted by molar-refractivity contribution is 0.319. The van der Waals surface area contributed by atoms with Gasteiger partial charge in [0, 0.05) is 11.3 Å². The van der Waals surface area contributed by atoms with Crippen LogP contribution in [0.5, 0.6) is 0 Å². The predicted molar refractivity (Wildman–Crippen MR) is 58.3 cm³/mol. The average Bonchev–Trinajstić information content (AvgIpc) is 2.52. The van der Waals surface area contributed by atoms with Crippen molar-refractivity contribution in [2.75, 3.05) is 0 Å². The molecule has 0 aliphatic rings. The third-order valence-corrected chi connectivity index (χ3v) is 2.46. The van der Waals surface area contributed by atoms with E-state index in [4.69, 9.17) is 10.4 Å². The van der Waals surface area contributed by atoms with Crippen LogP contribution in [0.25, 0.3) is 0 Å². The van der Waals surface area contributed by atoms with E-state index in [-0.39, 0.29) is 0 Å². The Balaban J connectivity index is 3.39. The summed E-state index contributed by atoms with van der Waals surface area (Å²) in [5, 5.41) is 23.7. The SMILES string of the molecule is C/C(=N/O)c1[nH]c(C)c(/C(C)=N\O)c1C. The Bertz CT molecular complexity index is 430. The van der Waals surface area contributed by atoms with Crippen molar-refractivity contribution in [2.24, 2.45) is 10.3 Å². The molecular formula is C10H15N3O2. The molecule has 82 valence electrons. The topological polar surface area (TPSA) is 81.0 Å². The van der Waals surface area contributed by atoms with Gasteiger partial charge in [-0.15, -0.1) is 0 Å². The quantitative estimate of drug-likeness (QED) is 0.395. The van der Waals surface area contributed by atoms with Crippen LogP contribution in [0, 0.1) is 13.8 Å². The van der Waals surface area contributed by atoms with Gasteiger partial charge in [0.1, 0.15) is 5.71 Å². The van der Waals surface area contributed by atoms with E-state index < -0.39 is 0 Å². The summed E-state index contributed by atoms with van der Waals surface area (Å²) in [6.07, 6.45) is 0. The largest absolute Gasteiger partial charge is 0.411 e. The maximum absolute atomic E-state index is 8.74. The van der Waals surface area contributed by atoms with E-state index in [0.29, 0.717) is 11.4 Å². The second-order valence-corrected chi connectivity index (χ2v) is 3.50. The molecule has 0 atom stereocenters. The minimum absolute atomic E-state index is 0.507. The van der Waals surface area contributed by atoms with Gasteiger partial charge >= 0.3 is 0 Å². The summed E-state index contributed by atoms with van der Waals surface area (Å²) in [6, 6.07) is 0. The summed E-state index contributed by atoms with van der Waals surface area (Å²) >= 11 is 0. The van der Waals surface area contributed by atoms with Crippen molar-refractivity contribution in [3.63, 3.8) is 0 Å². The molecule has 0 unspecified atom stereocenters. The van der Waals surface area contributed by atoms with Crippen LogP contribution in [-0.2, 0) is 0 Å². The van der Waals surface area contributed by atoms with Crippen molar-refractivity contribution in [1.29, 1.82) is 0 Å². The molecule has 0 aliphatic carbocycles. The van der Waals surface area contributed by atoms with Gasteiger partial charge in [-0.3, -0.25) is 0 Å². The smallest absolute Gasteiger partial charge is 0.100 e. The summed E-state index contributed by atoms with van der Waals surface area (Å²) < 4.78 is 0. The monoisotopic (exact) mass is 209 g/mol. The molecule has 3 N–H and O–H groups in total. The normalized spacial score (nSPS) is 13.3. The zero-order valence-electron chi connectivity index (χ0n) is 9.29. The molecule has 0 bridgehead atoms. The van der Waals surface area contributed by atoms with Crippen molar-refractivity contribution >= 4 is 11.4 Å². The zero-order valence-corrected chi connectivity index (χ0v) is 9.29. The van der Waals surface area contributed by atoms with Gasteiger partial charge in [-0.25, -0.2) is 0 Å². The molecule has 0 fully saturated rings. The van der Waals surface area contributed by atoms with E-state index in [9.17, 15) is 0 Å². The maximum atomic E-state index is 8.74. The first-order valence-electron chi connectivity index (χ1n) is 4.60. The second kappa shape index (κ2) is 4.16. The van der Waals surface area contributed by atoms with Gasteiger partial charge in [0.2, 0.25) is 0 Å². The fourth-order valence-corrected chi connectivity index (χ4v) is 1.75. The van der Waals surface area contributed by atoms with Crippen LogP contribution in [0.2, 0.25) is 0 Å². The molecule has 5 heteroatoms. The first kappa shape index (κ1) is 11.3. The molecule has 1 aromatic heterocycles. The van der Waals surface area contributed by atoms with Crippen molar-refractivity contribution < 1.29 is 10.4 Å². The first-order chi connectivity index (χ1) is 7.02. The van der Waals surface area contributed by atoms with E-state index in [1.165, 1.54) is 0 Å². The van der Waals surface area contributed by atoms with Gasteiger partial charge in [0.25, 0.3) is 0 Å². The molecule has 0 saturated heterocycles. The molecule has 0 radical (unpaired) electrons. The van der Waals surface area contributed by atoms with Crippen LogP contribution >= 0.6 is 0 Å².